The smallest absolute Gasteiger partial charge is 0.288 e. The van der Waals surface area contributed by atoms with Crippen LogP contribution in [0, 0.1) is 10.1 Å². The van der Waals surface area contributed by atoms with Gasteiger partial charge in [-0.25, -0.2) is 4.98 Å². The van der Waals surface area contributed by atoms with E-state index in [1.165, 1.54) is 12.3 Å². The molecule has 2 N–H and O–H groups in total. The van der Waals surface area contributed by atoms with E-state index in [4.69, 9.17) is 0 Å². The summed E-state index contributed by atoms with van der Waals surface area (Å²) in [6, 6.07) is 1.37. The Morgan fingerprint density at radius 3 is 2.94 bits per heavy atom. The summed E-state index contributed by atoms with van der Waals surface area (Å²) >= 11 is 3.18. The Hall–Kier alpha value is -1.21. The van der Waals surface area contributed by atoms with Crippen molar-refractivity contribution in [3.8, 4) is 0 Å². The number of hydrogen-bond acceptors (Lipinski definition) is 5. The van der Waals surface area contributed by atoms with Crippen molar-refractivity contribution in [2.75, 3.05) is 11.9 Å². The molecule has 0 saturated carbocycles. The van der Waals surface area contributed by atoms with Crippen LogP contribution in [0.25, 0.3) is 0 Å². The molecule has 7 heteroatoms. The number of aliphatic hydroxyl groups is 1. The highest BCUT2D eigenvalue weighted by Gasteiger charge is 2.10. The Balaban J connectivity index is 2.72. The van der Waals surface area contributed by atoms with Crippen LogP contribution in [0.15, 0.2) is 16.7 Å². The summed E-state index contributed by atoms with van der Waals surface area (Å²) in [4.78, 5) is 13.8. The molecule has 0 aliphatic rings. The maximum absolute atomic E-state index is 10.5. The molecule has 0 aliphatic carbocycles. The van der Waals surface area contributed by atoms with Crippen LogP contribution in [0.3, 0.4) is 0 Å². The predicted octanol–water partition coefficient (Wildman–Crippen LogP) is 1.94. The number of aliphatic hydroxyl groups excluding tert-OH is 1. The average Bonchev–Trinajstić information content (AvgIpc) is 2.26. The van der Waals surface area contributed by atoms with Gasteiger partial charge in [-0.1, -0.05) is 6.92 Å². The van der Waals surface area contributed by atoms with E-state index in [-0.39, 0.29) is 5.69 Å². The van der Waals surface area contributed by atoms with Gasteiger partial charge in [0.25, 0.3) is 5.69 Å². The van der Waals surface area contributed by atoms with Gasteiger partial charge < -0.3 is 10.4 Å². The Morgan fingerprint density at radius 2 is 2.44 bits per heavy atom. The molecule has 0 spiro atoms. The van der Waals surface area contributed by atoms with Crippen LogP contribution in [-0.4, -0.2) is 27.7 Å². The number of hydrogen-bond donors (Lipinski definition) is 2. The highest BCUT2D eigenvalue weighted by atomic mass is 79.9. The van der Waals surface area contributed by atoms with Gasteiger partial charge in [0.2, 0.25) is 0 Å². The summed E-state index contributed by atoms with van der Waals surface area (Å²) in [5, 5.41) is 22.7. The molecule has 16 heavy (non-hydrogen) atoms. The summed E-state index contributed by atoms with van der Waals surface area (Å²) in [6.45, 7) is 2.23. The van der Waals surface area contributed by atoms with Crippen molar-refractivity contribution in [2.24, 2.45) is 0 Å². The molecule has 88 valence electrons. The second kappa shape index (κ2) is 5.76. The Morgan fingerprint density at radius 1 is 1.75 bits per heavy atom. The zero-order valence-corrected chi connectivity index (χ0v) is 10.3. The topological polar surface area (TPSA) is 88.3 Å². The minimum absolute atomic E-state index is 0.0755. The fourth-order valence-corrected chi connectivity index (χ4v) is 1.49. The van der Waals surface area contributed by atoms with E-state index in [1.807, 2.05) is 6.92 Å². The zero-order valence-electron chi connectivity index (χ0n) is 8.68. The van der Waals surface area contributed by atoms with Crippen LogP contribution >= 0.6 is 15.9 Å². The lowest BCUT2D eigenvalue weighted by atomic mass is 10.3. The molecule has 1 unspecified atom stereocenters. The van der Waals surface area contributed by atoms with Crippen LogP contribution in [0.1, 0.15) is 13.3 Å². The maximum atomic E-state index is 10.5. The first-order valence-electron chi connectivity index (χ1n) is 4.76. The van der Waals surface area contributed by atoms with Gasteiger partial charge in [-0.2, -0.15) is 0 Å². The molecule has 1 heterocycles. The molecule has 0 bridgehead atoms. The largest absolute Gasteiger partial charge is 0.391 e. The maximum Gasteiger partial charge on any atom is 0.288 e. The quantitative estimate of drug-likeness (QED) is 0.639. The number of nitrogens with one attached hydrogen (secondary N) is 1. The number of halogens is 1. The molecule has 1 aromatic rings. The lowest BCUT2D eigenvalue weighted by Gasteiger charge is -2.10. The van der Waals surface area contributed by atoms with E-state index in [1.54, 1.807) is 0 Å². The number of rotatable bonds is 5. The summed E-state index contributed by atoms with van der Waals surface area (Å²) in [5.41, 5.74) is -0.0755. The van der Waals surface area contributed by atoms with Crippen LogP contribution in [0.4, 0.5) is 11.5 Å². The Labute approximate surface area is 101 Å². The summed E-state index contributed by atoms with van der Waals surface area (Å²) in [5.74, 6) is 0.484. The summed E-state index contributed by atoms with van der Waals surface area (Å²) in [6.07, 6.45) is 1.35. The fraction of sp³-hybridized carbons (Fsp3) is 0.444. The van der Waals surface area contributed by atoms with E-state index in [2.05, 4.69) is 26.2 Å². The van der Waals surface area contributed by atoms with Crippen molar-refractivity contribution in [1.29, 1.82) is 0 Å². The summed E-state index contributed by atoms with van der Waals surface area (Å²) < 4.78 is 0.505. The molecule has 0 fully saturated rings. The number of anilines is 1. The zero-order chi connectivity index (χ0) is 12.1. The second-order valence-electron chi connectivity index (χ2n) is 3.22. The molecule has 0 amide bonds. The molecule has 1 aromatic heterocycles. The van der Waals surface area contributed by atoms with E-state index in [9.17, 15) is 15.2 Å². The van der Waals surface area contributed by atoms with Gasteiger partial charge in [-0.05, 0) is 22.4 Å². The van der Waals surface area contributed by atoms with Crippen molar-refractivity contribution in [3.63, 3.8) is 0 Å². The molecule has 6 nitrogen and oxygen atoms in total. The van der Waals surface area contributed by atoms with E-state index < -0.39 is 11.0 Å². The highest BCUT2D eigenvalue weighted by molar-refractivity contribution is 9.10. The van der Waals surface area contributed by atoms with Gasteiger partial charge in [-0.3, -0.25) is 10.1 Å². The normalized spacial score (nSPS) is 12.2. The standard InChI is InChI=1S/C9H12BrN3O3/c1-2-7(14)5-12-9-8(10)3-6(4-11-9)13(15)16/h3-4,7,14H,2,5H2,1H3,(H,11,12). The van der Waals surface area contributed by atoms with Crippen LogP contribution < -0.4 is 5.32 Å². The lowest BCUT2D eigenvalue weighted by molar-refractivity contribution is -0.385. The monoisotopic (exact) mass is 289 g/mol. The summed E-state index contributed by atoms with van der Waals surface area (Å²) in [7, 11) is 0. The first kappa shape index (κ1) is 12.9. The Bertz CT molecular complexity index is 386. The Kier molecular flexibility index (Phi) is 4.63. The molecule has 1 atom stereocenters. The second-order valence-corrected chi connectivity index (χ2v) is 4.08. The third-order valence-corrected chi connectivity index (χ3v) is 2.62. The number of nitro groups is 1. The van der Waals surface area contributed by atoms with Gasteiger partial charge in [0.15, 0.2) is 0 Å². The van der Waals surface area contributed by atoms with Gasteiger partial charge in [0.05, 0.1) is 15.5 Å². The average molecular weight is 290 g/mol. The van der Waals surface area contributed by atoms with Gasteiger partial charge in [0.1, 0.15) is 12.0 Å². The molecule has 0 aromatic carbocycles. The first-order chi connectivity index (χ1) is 7.54. The molecular weight excluding hydrogens is 278 g/mol. The van der Waals surface area contributed by atoms with Crippen molar-refractivity contribution < 1.29 is 10.0 Å². The highest BCUT2D eigenvalue weighted by Crippen LogP contribution is 2.24. The van der Waals surface area contributed by atoms with Crippen LogP contribution in [0.5, 0.6) is 0 Å². The molecule has 0 aliphatic heterocycles. The predicted molar refractivity (Wildman–Crippen MR) is 63.4 cm³/mol. The third-order valence-electron chi connectivity index (χ3n) is 2.01. The lowest BCUT2D eigenvalue weighted by Crippen LogP contribution is -2.19. The van der Waals surface area contributed by atoms with Crippen molar-refractivity contribution in [1.82, 2.24) is 4.98 Å². The van der Waals surface area contributed by atoms with Crippen LogP contribution in [0.2, 0.25) is 0 Å². The van der Waals surface area contributed by atoms with Gasteiger partial charge >= 0.3 is 0 Å². The van der Waals surface area contributed by atoms with Gasteiger partial charge in [-0.15, -0.1) is 0 Å². The number of nitrogens with zero attached hydrogens (tertiary/aromatic N) is 2. The van der Waals surface area contributed by atoms with Gasteiger partial charge in [0, 0.05) is 12.6 Å². The minimum atomic E-state index is -0.511. The molecule has 0 saturated heterocycles. The van der Waals surface area contributed by atoms with E-state index in [0.717, 1.165) is 0 Å². The van der Waals surface area contributed by atoms with Crippen molar-refractivity contribution in [3.05, 3.63) is 26.9 Å². The van der Waals surface area contributed by atoms with Crippen LogP contribution in [-0.2, 0) is 0 Å². The number of aromatic nitrogens is 1. The van der Waals surface area contributed by atoms with Crippen molar-refractivity contribution >= 4 is 27.4 Å². The first-order valence-corrected chi connectivity index (χ1v) is 5.55. The van der Waals surface area contributed by atoms with E-state index in [0.29, 0.717) is 23.3 Å². The van der Waals surface area contributed by atoms with Crippen molar-refractivity contribution in [2.45, 2.75) is 19.4 Å². The fourth-order valence-electron chi connectivity index (χ4n) is 1.02. The SMILES string of the molecule is CCC(O)CNc1ncc([N+](=O)[O-])cc1Br. The minimum Gasteiger partial charge on any atom is -0.391 e. The number of pyridine rings is 1. The molecular formula is C9H12BrN3O3. The molecule has 1 rings (SSSR count). The third kappa shape index (κ3) is 3.42. The van der Waals surface area contributed by atoms with E-state index >= 15 is 0 Å². The molecule has 0 radical (unpaired) electrons.